The van der Waals surface area contributed by atoms with Gasteiger partial charge in [0, 0.05) is 13.5 Å². The van der Waals surface area contributed by atoms with Crippen LogP contribution in [0.25, 0.3) is 0 Å². The summed E-state index contributed by atoms with van der Waals surface area (Å²) in [5.41, 5.74) is 0.0503. The molecule has 0 bridgehead atoms. The first-order valence-electron chi connectivity index (χ1n) is 18.3. The van der Waals surface area contributed by atoms with Crippen molar-refractivity contribution in [1.82, 2.24) is 26.2 Å². The Hall–Kier alpha value is -4.16. The van der Waals surface area contributed by atoms with Crippen molar-refractivity contribution < 1.29 is 38.2 Å². The zero-order valence-corrected chi connectivity index (χ0v) is 33.6. The topological polar surface area (TPSA) is 172 Å². The Bertz CT molecular complexity index is 1330. The minimum absolute atomic E-state index is 0.00236. The van der Waals surface area contributed by atoms with E-state index in [2.05, 4.69) is 21.3 Å². The maximum absolute atomic E-state index is 14.0. The second-order valence-electron chi connectivity index (χ2n) is 16.1. The van der Waals surface area contributed by atoms with Crippen LogP contribution in [-0.2, 0) is 39.9 Å². The minimum Gasteiger partial charge on any atom is -0.467 e. The molecule has 0 unspecified atom stereocenters. The number of benzene rings is 1. The number of hydrogen-bond acceptors (Lipinski definition) is 8. The van der Waals surface area contributed by atoms with E-state index in [4.69, 9.17) is 9.47 Å². The number of hydrogen-bond donors (Lipinski definition) is 4. The summed E-state index contributed by atoms with van der Waals surface area (Å²) in [4.78, 5) is 82.0. The van der Waals surface area contributed by atoms with Gasteiger partial charge in [0.1, 0.15) is 35.8 Å². The van der Waals surface area contributed by atoms with Crippen LogP contribution < -0.4 is 21.3 Å². The molecule has 13 heteroatoms. The zero-order valence-electron chi connectivity index (χ0n) is 33.6. The van der Waals surface area contributed by atoms with E-state index in [-0.39, 0.29) is 37.0 Å². The molecule has 0 aromatic heterocycles. The molecule has 1 rings (SSSR count). The van der Waals surface area contributed by atoms with Gasteiger partial charge in [0.05, 0.1) is 7.11 Å². The molecule has 0 spiro atoms. The molecule has 0 fully saturated rings. The standard InChI is InChI=1S/C39H65N5O8/c1-23(2)19-28(33(45)41-30(37(49)51-13)22-27-17-15-14-16-18-27)40-35(47)32(26(7)8)43-34(46)31(21-25(5)6)44(12)36(48)29(20-24(3)4)42-38(50)52-39(9,10)11/h14-18,23-26,28-32H,19-22H2,1-13H3,(H,40,47)(H,41,45)(H,42,50)(H,43,46)/t28-,29-,30-,31-,32-/m0/s1. The fourth-order valence-corrected chi connectivity index (χ4v) is 5.64. The predicted molar refractivity (Wildman–Crippen MR) is 201 cm³/mol. The largest absolute Gasteiger partial charge is 0.467 e. The van der Waals surface area contributed by atoms with Crippen molar-refractivity contribution in [3.8, 4) is 0 Å². The van der Waals surface area contributed by atoms with E-state index in [1.54, 1.807) is 34.6 Å². The highest BCUT2D eigenvalue weighted by molar-refractivity contribution is 5.96. The van der Waals surface area contributed by atoms with E-state index in [0.717, 1.165) is 5.56 Å². The Morgan fingerprint density at radius 3 is 1.67 bits per heavy atom. The molecule has 0 saturated heterocycles. The molecule has 0 aliphatic carbocycles. The number of methoxy groups -OCH3 is 1. The number of alkyl carbamates (subject to hydrolysis) is 1. The molecule has 294 valence electrons. The molecule has 0 radical (unpaired) electrons. The van der Waals surface area contributed by atoms with Gasteiger partial charge in [0.15, 0.2) is 0 Å². The molecule has 13 nitrogen and oxygen atoms in total. The minimum atomic E-state index is -1.06. The van der Waals surface area contributed by atoms with Gasteiger partial charge in [0.25, 0.3) is 0 Å². The number of rotatable bonds is 19. The van der Waals surface area contributed by atoms with Crippen molar-refractivity contribution in [2.45, 2.75) is 138 Å². The molecule has 4 N–H and O–H groups in total. The second-order valence-corrected chi connectivity index (χ2v) is 16.1. The highest BCUT2D eigenvalue weighted by Gasteiger charge is 2.37. The van der Waals surface area contributed by atoms with Crippen molar-refractivity contribution in [2.24, 2.45) is 23.7 Å². The van der Waals surface area contributed by atoms with Crippen LogP contribution in [0, 0.1) is 23.7 Å². The van der Waals surface area contributed by atoms with Gasteiger partial charge < -0.3 is 35.6 Å². The average Bonchev–Trinajstić information content (AvgIpc) is 3.02. The fourth-order valence-electron chi connectivity index (χ4n) is 5.64. The second kappa shape index (κ2) is 21.4. The summed E-state index contributed by atoms with van der Waals surface area (Å²) in [5.74, 6) is -3.12. The average molecular weight is 732 g/mol. The Kier molecular flexibility index (Phi) is 18.9. The lowest BCUT2D eigenvalue weighted by molar-refractivity contribution is -0.145. The molecule has 52 heavy (non-hydrogen) atoms. The molecule has 5 amide bonds. The lowest BCUT2D eigenvalue weighted by Crippen LogP contribution is -2.60. The summed E-state index contributed by atoms with van der Waals surface area (Å²) in [5, 5.41) is 11.1. The molecule has 5 atom stereocenters. The Balaban J connectivity index is 3.29. The highest BCUT2D eigenvalue weighted by Crippen LogP contribution is 2.17. The van der Waals surface area contributed by atoms with Crippen LogP contribution in [0.15, 0.2) is 30.3 Å². The first-order valence-corrected chi connectivity index (χ1v) is 18.3. The van der Waals surface area contributed by atoms with E-state index in [0.29, 0.717) is 6.42 Å². The van der Waals surface area contributed by atoms with E-state index in [9.17, 15) is 28.8 Å². The van der Waals surface area contributed by atoms with Crippen molar-refractivity contribution in [3.63, 3.8) is 0 Å². The van der Waals surface area contributed by atoms with E-state index < -0.39 is 77.4 Å². The van der Waals surface area contributed by atoms with Gasteiger partial charge in [-0.1, -0.05) is 85.7 Å². The van der Waals surface area contributed by atoms with E-state index in [1.165, 1.54) is 19.1 Å². The smallest absolute Gasteiger partial charge is 0.408 e. The highest BCUT2D eigenvalue weighted by atomic mass is 16.6. The summed E-state index contributed by atoms with van der Waals surface area (Å²) in [6.07, 6.45) is 0.331. The number of nitrogens with zero attached hydrogens (tertiary/aromatic N) is 1. The maximum atomic E-state index is 14.0. The third-order valence-corrected chi connectivity index (χ3v) is 8.18. The quantitative estimate of drug-likeness (QED) is 0.152. The molecular formula is C39H65N5O8. The number of carbonyl (C=O) groups is 6. The van der Waals surface area contributed by atoms with Crippen LogP contribution in [0.4, 0.5) is 4.79 Å². The number of amides is 5. The van der Waals surface area contributed by atoms with Crippen LogP contribution in [0.2, 0.25) is 0 Å². The monoisotopic (exact) mass is 731 g/mol. The first kappa shape index (κ1) is 45.9. The summed E-state index contributed by atoms with van der Waals surface area (Å²) >= 11 is 0. The summed E-state index contributed by atoms with van der Waals surface area (Å²) in [6, 6.07) is 4.22. The maximum Gasteiger partial charge on any atom is 0.408 e. The van der Waals surface area contributed by atoms with Gasteiger partial charge in [-0.2, -0.15) is 0 Å². The van der Waals surface area contributed by atoms with Crippen LogP contribution >= 0.6 is 0 Å². The van der Waals surface area contributed by atoms with E-state index in [1.807, 2.05) is 71.9 Å². The van der Waals surface area contributed by atoms with Gasteiger partial charge in [0.2, 0.25) is 23.6 Å². The fraction of sp³-hybridized carbons (Fsp3) is 0.692. The third kappa shape index (κ3) is 16.5. The SMILES string of the molecule is COC(=O)[C@H](Cc1ccccc1)NC(=O)[C@H](CC(C)C)NC(=O)[C@@H](NC(=O)[C@H](CC(C)C)N(C)C(=O)[C@H](CC(C)C)NC(=O)OC(C)(C)C)C(C)C. The molecule has 1 aromatic carbocycles. The lowest BCUT2D eigenvalue weighted by Gasteiger charge is -2.34. The number of ether oxygens (including phenoxy) is 2. The van der Waals surface area contributed by atoms with Crippen LogP contribution in [0.5, 0.6) is 0 Å². The van der Waals surface area contributed by atoms with Crippen molar-refractivity contribution >= 4 is 35.7 Å². The van der Waals surface area contributed by atoms with Gasteiger partial charge >= 0.3 is 12.1 Å². The van der Waals surface area contributed by atoms with Crippen molar-refractivity contribution in [3.05, 3.63) is 35.9 Å². The molecule has 0 aliphatic heterocycles. The molecule has 0 heterocycles. The van der Waals surface area contributed by atoms with Crippen LogP contribution in [0.3, 0.4) is 0 Å². The number of carbonyl (C=O) groups excluding carboxylic acids is 6. The van der Waals surface area contributed by atoms with E-state index >= 15 is 0 Å². The van der Waals surface area contributed by atoms with Crippen LogP contribution in [-0.4, -0.2) is 90.6 Å². The van der Waals surface area contributed by atoms with Gasteiger partial charge in [-0.15, -0.1) is 0 Å². The Morgan fingerprint density at radius 1 is 0.673 bits per heavy atom. The van der Waals surface area contributed by atoms with Gasteiger partial charge in [-0.3, -0.25) is 19.2 Å². The molecule has 0 saturated carbocycles. The lowest BCUT2D eigenvalue weighted by atomic mass is 9.97. The summed E-state index contributed by atoms with van der Waals surface area (Å²) < 4.78 is 10.4. The normalized spacial score (nSPS) is 14.6. The molecular weight excluding hydrogens is 666 g/mol. The number of nitrogens with one attached hydrogen (secondary N) is 4. The zero-order chi connectivity index (χ0) is 39.9. The predicted octanol–water partition coefficient (Wildman–Crippen LogP) is 4.37. The number of esters is 1. The Morgan fingerprint density at radius 2 is 1.19 bits per heavy atom. The van der Waals surface area contributed by atoms with Gasteiger partial charge in [-0.05, 0) is 69.3 Å². The van der Waals surface area contributed by atoms with Crippen LogP contribution in [0.1, 0.15) is 101 Å². The molecule has 1 aromatic rings. The number of likely N-dealkylation sites (N-methyl/N-ethyl adjacent to an activating group) is 1. The Labute approximate surface area is 311 Å². The van der Waals surface area contributed by atoms with Crippen molar-refractivity contribution in [2.75, 3.05) is 14.2 Å². The van der Waals surface area contributed by atoms with Crippen molar-refractivity contribution in [1.29, 1.82) is 0 Å². The summed E-state index contributed by atoms with van der Waals surface area (Å²) in [7, 11) is 2.76. The van der Waals surface area contributed by atoms with Gasteiger partial charge in [-0.25, -0.2) is 9.59 Å². The molecule has 0 aliphatic rings. The third-order valence-electron chi connectivity index (χ3n) is 8.18. The summed E-state index contributed by atoms with van der Waals surface area (Å²) in [6.45, 7) is 20.2. The first-order chi connectivity index (χ1) is 24.1.